The number of benzene rings is 1. The lowest BCUT2D eigenvalue weighted by Gasteiger charge is -2.22. The monoisotopic (exact) mass is 332 g/mol. The number of anilines is 1. The molecule has 0 saturated carbocycles. The van der Waals surface area contributed by atoms with Gasteiger partial charge in [0.15, 0.2) is 6.54 Å². The third kappa shape index (κ3) is 3.59. The van der Waals surface area contributed by atoms with Gasteiger partial charge in [0.25, 0.3) is 5.91 Å². The van der Waals surface area contributed by atoms with Crippen LogP contribution in [0.15, 0.2) is 36.5 Å². The number of amides is 1. The van der Waals surface area contributed by atoms with Crippen LogP contribution in [0.5, 0.6) is 0 Å². The summed E-state index contributed by atoms with van der Waals surface area (Å²) in [5.41, 5.74) is 3.14. The van der Waals surface area contributed by atoms with Gasteiger partial charge in [0.2, 0.25) is 0 Å². The van der Waals surface area contributed by atoms with Crippen LogP contribution in [0.4, 0.5) is 5.69 Å². The van der Waals surface area contributed by atoms with Crippen LogP contribution in [-0.2, 0) is 11.8 Å². The summed E-state index contributed by atoms with van der Waals surface area (Å²) in [6.45, 7) is 3.50. The Kier molecular flexibility index (Phi) is 4.74. The maximum Gasteiger partial charge on any atom is 0.279 e. The number of quaternary nitrogens is 1. The highest BCUT2D eigenvalue weighted by Crippen LogP contribution is 2.20. The molecule has 0 radical (unpaired) electrons. The zero-order chi connectivity index (χ0) is 16.4. The van der Waals surface area contributed by atoms with Crippen LogP contribution in [0.2, 0.25) is 5.02 Å². The normalized spacial score (nSPS) is 20.7. The van der Waals surface area contributed by atoms with Crippen LogP contribution in [0, 0.1) is 6.92 Å². The van der Waals surface area contributed by atoms with E-state index in [9.17, 15) is 4.79 Å². The number of halogens is 1. The maximum absolute atomic E-state index is 12.4. The standard InChI is InChI=1S/C18H22ClN3O/c1-13-11-14(19)7-8-15(13)20-18(23)12-22-10-4-6-17(22)16-5-3-9-21(16)2/h3,5,7-9,11,17H,4,6,10,12H2,1-2H3,(H,20,23)/p+1/t17-/m0/s1. The molecule has 0 spiro atoms. The Hall–Kier alpha value is -1.78. The van der Waals surface area contributed by atoms with Crippen molar-refractivity contribution in [3.05, 3.63) is 52.8 Å². The zero-order valence-corrected chi connectivity index (χ0v) is 14.4. The van der Waals surface area contributed by atoms with E-state index in [1.807, 2.05) is 19.1 Å². The van der Waals surface area contributed by atoms with Gasteiger partial charge in [-0.3, -0.25) is 4.79 Å². The highest BCUT2D eigenvalue weighted by Gasteiger charge is 2.32. The topological polar surface area (TPSA) is 38.5 Å². The van der Waals surface area contributed by atoms with Crippen molar-refractivity contribution in [2.24, 2.45) is 7.05 Å². The minimum absolute atomic E-state index is 0.0616. The molecular weight excluding hydrogens is 310 g/mol. The molecular formula is C18H23ClN3O+. The van der Waals surface area contributed by atoms with Crippen molar-refractivity contribution in [3.63, 3.8) is 0 Å². The minimum atomic E-state index is 0.0616. The fraction of sp³-hybridized carbons (Fsp3) is 0.389. The Bertz CT molecular complexity index is 710. The summed E-state index contributed by atoms with van der Waals surface area (Å²) in [4.78, 5) is 13.8. The first-order valence-electron chi connectivity index (χ1n) is 8.06. The highest BCUT2D eigenvalue weighted by molar-refractivity contribution is 6.30. The highest BCUT2D eigenvalue weighted by atomic mass is 35.5. The molecule has 1 aliphatic rings. The Balaban J connectivity index is 1.66. The Morgan fingerprint density at radius 1 is 1.43 bits per heavy atom. The first-order chi connectivity index (χ1) is 11.0. The first kappa shape index (κ1) is 16.1. The van der Waals surface area contributed by atoms with E-state index >= 15 is 0 Å². The number of hydrogen-bond donors (Lipinski definition) is 2. The van der Waals surface area contributed by atoms with Crippen LogP contribution < -0.4 is 10.2 Å². The van der Waals surface area contributed by atoms with Crippen molar-refractivity contribution in [2.45, 2.75) is 25.8 Å². The van der Waals surface area contributed by atoms with E-state index in [2.05, 4.69) is 35.3 Å². The van der Waals surface area contributed by atoms with Crippen molar-refractivity contribution in [1.29, 1.82) is 0 Å². The van der Waals surface area contributed by atoms with Gasteiger partial charge in [-0.1, -0.05) is 11.6 Å². The Morgan fingerprint density at radius 2 is 2.26 bits per heavy atom. The molecule has 4 nitrogen and oxygen atoms in total. The van der Waals surface area contributed by atoms with Gasteiger partial charge < -0.3 is 14.8 Å². The molecule has 1 saturated heterocycles. The van der Waals surface area contributed by atoms with Crippen LogP contribution in [0.25, 0.3) is 0 Å². The summed E-state index contributed by atoms with van der Waals surface area (Å²) >= 11 is 5.96. The van der Waals surface area contributed by atoms with Gasteiger partial charge in [-0.05, 0) is 42.8 Å². The van der Waals surface area contributed by atoms with Gasteiger partial charge in [-0.2, -0.15) is 0 Å². The van der Waals surface area contributed by atoms with Gasteiger partial charge in [-0.15, -0.1) is 0 Å². The van der Waals surface area contributed by atoms with E-state index < -0.39 is 0 Å². The number of rotatable bonds is 4. The second-order valence-electron chi connectivity index (χ2n) is 6.33. The molecule has 122 valence electrons. The van der Waals surface area contributed by atoms with E-state index in [0.717, 1.165) is 24.2 Å². The number of nitrogens with one attached hydrogen (secondary N) is 2. The number of carbonyl (C=O) groups is 1. The van der Waals surface area contributed by atoms with Crippen LogP contribution in [0.3, 0.4) is 0 Å². The summed E-state index contributed by atoms with van der Waals surface area (Å²) in [5.74, 6) is 0.0616. The molecule has 1 aromatic heterocycles. The summed E-state index contributed by atoms with van der Waals surface area (Å²) in [7, 11) is 2.07. The molecule has 2 heterocycles. The van der Waals surface area contributed by atoms with Crippen molar-refractivity contribution >= 4 is 23.2 Å². The molecule has 0 aliphatic carbocycles. The van der Waals surface area contributed by atoms with E-state index in [-0.39, 0.29) is 5.91 Å². The molecule has 0 bridgehead atoms. The SMILES string of the molecule is Cc1cc(Cl)ccc1NC(=O)C[NH+]1CCC[C@H]1c1cccn1C. The molecule has 1 aromatic carbocycles. The lowest BCUT2D eigenvalue weighted by molar-refractivity contribution is -0.910. The molecule has 2 atom stereocenters. The summed E-state index contributed by atoms with van der Waals surface area (Å²) < 4.78 is 2.16. The number of nitrogens with zero attached hydrogens (tertiary/aromatic N) is 1. The predicted octanol–water partition coefficient (Wildman–Crippen LogP) is 2.35. The summed E-state index contributed by atoms with van der Waals surface area (Å²) in [6, 6.07) is 10.2. The molecule has 1 amide bonds. The summed E-state index contributed by atoms with van der Waals surface area (Å²) in [6.07, 6.45) is 4.38. The van der Waals surface area contributed by atoms with Crippen LogP contribution in [0.1, 0.15) is 30.1 Å². The number of aryl methyl sites for hydroxylation is 2. The Labute approximate surface area is 142 Å². The van der Waals surface area contributed by atoms with Gasteiger partial charge in [-0.25, -0.2) is 0 Å². The quantitative estimate of drug-likeness (QED) is 0.886. The minimum Gasteiger partial charge on any atom is -0.350 e. The zero-order valence-electron chi connectivity index (χ0n) is 13.6. The predicted molar refractivity (Wildman–Crippen MR) is 92.9 cm³/mol. The average molecular weight is 333 g/mol. The third-order valence-corrected chi connectivity index (χ3v) is 4.91. The van der Waals surface area contributed by atoms with Gasteiger partial charge >= 0.3 is 0 Å². The smallest absolute Gasteiger partial charge is 0.279 e. The van der Waals surface area contributed by atoms with E-state index in [0.29, 0.717) is 17.6 Å². The van der Waals surface area contributed by atoms with Crippen LogP contribution in [-0.4, -0.2) is 23.6 Å². The molecule has 2 aromatic rings. The number of aromatic nitrogens is 1. The number of hydrogen-bond acceptors (Lipinski definition) is 1. The van der Waals surface area contributed by atoms with Crippen molar-refractivity contribution in [2.75, 3.05) is 18.4 Å². The van der Waals surface area contributed by atoms with E-state index in [1.165, 1.54) is 17.0 Å². The fourth-order valence-electron chi connectivity index (χ4n) is 3.48. The Morgan fingerprint density at radius 3 is 2.96 bits per heavy atom. The van der Waals surface area contributed by atoms with Crippen molar-refractivity contribution in [3.8, 4) is 0 Å². The fourth-order valence-corrected chi connectivity index (χ4v) is 3.71. The lowest BCUT2D eigenvalue weighted by atomic mass is 10.1. The van der Waals surface area contributed by atoms with E-state index in [1.54, 1.807) is 6.07 Å². The summed E-state index contributed by atoms with van der Waals surface area (Å²) in [5, 5.41) is 3.71. The van der Waals surface area contributed by atoms with Crippen molar-refractivity contribution in [1.82, 2.24) is 4.57 Å². The molecule has 3 rings (SSSR count). The second-order valence-corrected chi connectivity index (χ2v) is 6.77. The molecule has 5 heteroatoms. The number of carbonyl (C=O) groups excluding carboxylic acids is 1. The molecule has 2 N–H and O–H groups in total. The first-order valence-corrected chi connectivity index (χ1v) is 8.44. The molecule has 1 unspecified atom stereocenters. The van der Waals surface area contributed by atoms with Gasteiger partial charge in [0.1, 0.15) is 6.04 Å². The lowest BCUT2D eigenvalue weighted by Crippen LogP contribution is -3.11. The number of likely N-dealkylation sites (tertiary alicyclic amines) is 1. The molecule has 1 aliphatic heterocycles. The van der Waals surface area contributed by atoms with Crippen LogP contribution >= 0.6 is 11.6 Å². The molecule has 23 heavy (non-hydrogen) atoms. The maximum atomic E-state index is 12.4. The second kappa shape index (κ2) is 6.77. The average Bonchev–Trinajstić information content (AvgIpc) is 3.10. The largest absolute Gasteiger partial charge is 0.350 e. The van der Waals surface area contributed by atoms with Gasteiger partial charge in [0.05, 0.1) is 12.2 Å². The third-order valence-electron chi connectivity index (χ3n) is 4.67. The van der Waals surface area contributed by atoms with Crippen molar-refractivity contribution < 1.29 is 9.69 Å². The van der Waals surface area contributed by atoms with E-state index in [4.69, 9.17) is 11.6 Å². The molecule has 1 fully saturated rings. The van der Waals surface area contributed by atoms with Gasteiger partial charge in [0, 0.05) is 36.8 Å².